The zero-order valence-corrected chi connectivity index (χ0v) is 12.5. The standard InChI is InChI=1S/C16H14BrF3/c1-11-5-7-12(8-6-11)9-15(17)13-3-2-4-14(10-13)16(18,19)20/h2-8,10,15H,9H2,1H3. The molecule has 0 aromatic heterocycles. The van der Waals surface area contributed by atoms with Gasteiger partial charge in [-0.05, 0) is 30.5 Å². The first kappa shape index (κ1) is 15.1. The third kappa shape index (κ3) is 3.85. The fourth-order valence-corrected chi connectivity index (χ4v) is 2.62. The van der Waals surface area contributed by atoms with Gasteiger partial charge in [-0.3, -0.25) is 0 Å². The molecule has 2 rings (SSSR count). The van der Waals surface area contributed by atoms with Crippen LogP contribution in [0.1, 0.15) is 27.1 Å². The van der Waals surface area contributed by atoms with E-state index in [2.05, 4.69) is 15.9 Å². The minimum atomic E-state index is -4.30. The Morgan fingerprint density at radius 2 is 1.70 bits per heavy atom. The number of hydrogen-bond donors (Lipinski definition) is 0. The lowest BCUT2D eigenvalue weighted by Gasteiger charge is -2.13. The van der Waals surface area contributed by atoms with Crippen molar-refractivity contribution in [3.63, 3.8) is 0 Å². The first-order valence-electron chi connectivity index (χ1n) is 6.23. The lowest BCUT2D eigenvalue weighted by atomic mass is 10.0. The van der Waals surface area contributed by atoms with Gasteiger partial charge in [-0.15, -0.1) is 0 Å². The van der Waals surface area contributed by atoms with E-state index in [1.165, 1.54) is 17.7 Å². The quantitative estimate of drug-likeness (QED) is 0.628. The molecule has 0 spiro atoms. The monoisotopic (exact) mass is 342 g/mol. The summed E-state index contributed by atoms with van der Waals surface area (Å²) in [6.45, 7) is 2.00. The van der Waals surface area contributed by atoms with Gasteiger partial charge in [-0.2, -0.15) is 13.2 Å². The van der Waals surface area contributed by atoms with E-state index in [1.54, 1.807) is 6.07 Å². The molecular formula is C16H14BrF3. The van der Waals surface area contributed by atoms with Crippen molar-refractivity contribution in [3.05, 3.63) is 70.8 Å². The van der Waals surface area contributed by atoms with Crippen LogP contribution in [0.5, 0.6) is 0 Å². The van der Waals surface area contributed by atoms with E-state index in [0.717, 1.165) is 11.6 Å². The van der Waals surface area contributed by atoms with Crippen molar-refractivity contribution in [2.24, 2.45) is 0 Å². The van der Waals surface area contributed by atoms with Crippen LogP contribution < -0.4 is 0 Å². The van der Waals surface area contributed by atoms with E-state index in [4.69, 9.17) is 0 Å². The zero-order valence-electron chi connectivity index (χ0n) is 10.9. The van der Waals surface area contributed by atoms with E-state index >= 15 is 0 Å². The number of hydrogen-bond acceptors (Lipinski definition) is 0. The van der Waals surface area contributed by atoms with Gasteiger partial charge in [-0.25, -0.2) is 0 Å². The van der Waals surface area contributed by atoms with Gasteiger partial charge in [0.1, 0.15) is 0 Å². The van der Waals surface area contributed by atoms with E-state index in [-0.39, 0.29) is 4.83 Å². The van der Waals surface area contributed by atoms with Crippen molar-refractivity contribution in [1.82, 2.24) is 0 Å². The predicted octanol–water partition coefficient (Wildman–Crippen LogP) is 5.69. The van der Waals surface area contributed by atoms with Crippen LogP contribution >= 0.6 is 15.9 Å². The molecule has 2 aromatic carbocycles. The molecule has 20 heavy (non-hydrogen) atoms. The Bertz CT molecular complexity index is 573. The lowest BCUT2D eigenvalue weighted by molar-refractivity contribution is -0.137. The highest BCUT2D eigenvalue weighted by molar-refractivity contribution is 9.09. The van der Waals surface area contributed by atoms with E-state index < -0.39 is 11.7 Å². The molecule has 0 saturated heterocycles. The summed E-state index contributed by atoms with van der Waals surface area (Å²) in [5, 5.41) is 0. The predicted molar refractivity (Wildman–Crippen MR) is 78.0 cm³/mol. The van der Waals surface area contributed by atoms with Crippen LogP contribution in [0.3, 0.4) is 0 Å². The van der Waals surface area contributed by atoms with Gasteiger partial charge >= 0.3 is 6.18 Å². The van der Waals surface area contributed by atoms with Gasteiger partial charge in [0.05, 0.1) is 5.56 Å². The maximum atomic E-state index is 12.7. The smallest absolute Gasteiger partial charge is 0.166 e. The molecule has 1 unspecified atom stereocenters. The lowest BCUT2D eigenvalue weighted by Crippen LogP contribution is -2.06. The van der Waals surface area contributed by atoms with Gasteiger partial charge in [0.2, 0.25) is 0 Å². The van der Waals surface area contributed by atoms with Crippen molar-refractivity contribution in [1.29, 1.82) is 0 Å². The molecule has 0 aliphatic carbocycles. The molecular weight excluding hydrogens is 329 g/mol. The molecule has 0 aliphatic rings. The van der Waals surface area contributed by atoms with Crippen LogP contribution in [0.25, 0.3) is 0 Å². The summed E-state index contributed by atoms with van der Waals surface area (Å²) in [7, 11) is 0. The fraction of sp³-hybridized carbons (Fsp3) is 0.250. The first-order chi connectivity index (χ1) is 9.36. The number of alkyl halides is 4. The molecule has 2 aromatic rings. The Hall–Kier alpha value is -1.29. The fourth-order valence-electron chi connectivity index (χ4n) is 1.96. The van der Waals surface area contributed by atoms with Gasteiger partial charge in [0.25, 0.3) is 0 Å². The van der Waals surface area contributed by atoms with Crippen LogP contribution in [0.2, 0.25) is 0 Å². The summed E-state index contributed by atoms with van der Waals surface area (Å²) < 4.78 is 38.1. The number of halogens is 4. The van der Waals surface area contributed by atoms with E-state index in [1.807, 2.05) is 31.2 Å². The molecule has 0 radical (unpaired) electrons. The minimum Gasteiger partial charge on any atom is -0.166 e. The summed E-state index contributed by atoms with van der Waals surface area (Å²) >= 11 is 3.47. The highest BCUT2D eigenvalue weighted by Crippen LogP contribution is 2.33. The summed E-state index contributed by atoms with van der Waals surface area (Å²) in [6.07, 6.45) is -3.64. The summed E-state index contributed by atoms with van der Waals surface area (Å²) in [5.41, 5.74) is 2.29. The molecule has 106 valence electrons. The third-order valence-electron chi connectivity index (χ3n) is 3.11. The molecule has 0 aliphatic heterocycles. The van der Waals surface area contributed by atoms with Crippen LogP contribution in [-0.2, 0) is 12.6 Å². The molecule has 4 heteroatoms. The Labute approximate surface area is 124 Å². The number of aryl methyl sites for hydroxylation is 1. The SMILES string of the molecule is Cc1ccc(CC(Br)c2cccc(C(F)(F)F)c2)cc1. The highest BCUT2D eigenvalue weighted by Gasteiger charge is 2.30. The molecule has 0 nitrogen and oxygen atoms in total. The first-order valence-corrected chi connectivity index (χ1v) is 7.14. The third-order valence-corrected chi connectivity index (χ3v) is 3.96. The average Bonchev–Trinajstić information content (AvgIpc) is 2.40. The molecule has 0 heterocycles. The van der Waals surface area contributed by atoms with Gasteiger partial charge in [0.15, 0.2) is 0 Å². The second kappa shape index (κ2) is 6.00. The maximum Gasteiger partial charge on any atom is 0.416 e. The summed E-state index contributed by atoms with van der Waals surface area (Å²) in [6, 6.07) is 13.4. The maximum absolute atomic E-state index is 12.7. The van der Waals surface area contributed by atoms with Crippen LogP contribution in [-0.4, -0.2) is 0 Å². The Kier molecular flexibility index (Phi) is 4.53. The molecule has 0 amide bonds. The zero-order chi connectivity index (χ0) is 14.8. The molecule has 0 N–H and O–H groups in total. The Morgan fingerprint density at radius 3 is 2.30 bits per heavy atom. The second-order valence-corrected chi connectivity index (χ2v) is 5.89. The molecule has 0 fully saturated rings. The summed E-state index contributed by atoms with van der Waals surface area (Å²) in [4.78, 5) is -0.132. The van der Waals surface area contributed by atoms with E-state index in [0.29, 0.717) is 12.0 Å². The highest BCUT2D eigenvalue weighted by atomic mass is 79.9. The average molecular weight is 343 g/mol. The molecule has 1 atom stereocenters. The van der Waals surface area contributed by atoms with Crippen LogP contribution in [0, 0.1) is 6.92 Å². The van der Waals surface area contributed by atoms with Gasteiger partial charge < -0.3 is 0 Å². The normalized spacial score (nSPS) is 13.2. The number of rotatable bonds is 3. The summed E-state index contributed by atoms with van der Waals surface area (Å²) in [5.74, 6) is 0. The Balaban J connectivity index is 2.17. The Morgan fingerprint density at radius 1 is 1.05 bits per heavy atom. The molecule has 0 bridgehead atoms. The van der Waals surface area contributed by atoms with Gasteiger partial charge in [-0.1, -0.05) is 64.0 Å². The van der Waals surface area contributed by atoms with Gasteiger partial charge in [0, 0.05) is 4.83 Å². The van der Waals surface area contributed by atoms with Crippen molar-refractivity contribution in [2.75, 3.05) is 0 Å². The van der Waals surface area contributed by atoms with Crippen LogP contribution in [0.4, 0.5) is 13.2 Å². The second-order valence-electron chi connectivity index (χ2n) is 4.78. The van der Waals surface area contributed by atoms with Crippen molar-refractivity contribution in [3.8, 4) is 0 Å². The van der Waals surface area contributed by atoms with Crippen molar-refractivity contribution in [2.45, 2.75) is 24.3 Å². The van der Waals surface area contributed by atoms with Crippen LogP contribution in [0.15, 0.2) is 48.5 Å². The van der Waals surface area contributed by atoms with Crippen molar-refractivity contribution >= 4 is 15.9 Å². The molecule has 0 saturated carbocycles. The van der Waals surface area contributed by atoms with Crippen molar-refractivity contribution < 1.29 is 13.2 Å². The topological polar surface area (TPSA) is 0 Å². The number of benzene rings is 2. The minimum absolute atomic E-state index is 0.132. The van der Waals surface area contributed by atoms with E-state index in [9.17, 15) is 13.2 Å². The largest absolute Gasteiger partial charge is 0.416 e.